The molecule has 0 bridgehead atoms. The molecule has 0 saturated heterocycles. The normalized spacial score (nSPS) is 11.6. The van der Waals surface area contributed by atoms with Crippen LogP contribution in [0.3, 0.4) is 0 Å². The Morgan fingerprint density at radius 3 is 1.95 bits per heavy atom. The van der Waals surface area contributed by atoms with Gasteiger partial charge in [0.25, 0.3) is 0 Å². The maximum absolute atomic E-state index is 3.96. The second-order valence-corrected chi connectivity index (χ2v) is 10.2. The Morgan fingerprint density at radius 2 is 1.20 bits per heavy atom. The van der Waals surface area contributed by atoms with E-state index in [1.807, 2.05) is 13.0 Å². The van der Waals surface area contributed by atoms with E-state index in [1.54, 1.807) is 0 Å². The van der Waals surface area contributed by atoms with Gasteiger partial charge in [-0.2, -0.15) is 0 Å². The van der Waals surface area contributed by atoms with Crippen molar-refractivity contribution in [2.45, 2.75) is 6.92 Å². The molecule has 0 aliphatic rings. The topological polar surface area (TPSA) is 4.93 Å². The number of fused-ring (bicyclic) bond motifs is 5. The molecule has 6 aromatic carbocycles. The quantitative estimate of drug-likeness (QED) is 0.217. The molecule has 0 spiro atoms. The van der Waals surface area contributed by atoms with Crippen LogP contribution >= 0.6 is 0 Å². The SMILES string of the molecule is C=Cc1ccc(-c2ccc(-c3ccc4c(ccc5c6ccccc6n(-c6ccccc6)c45)c3)cc2)cc1/C=C\C. The molecule has 0 saturated carbocycles. The molecular weight excluding hydrogens is 482 g/mol. The second kappa shape index (κ2) is 9.87. The Hall–Kier alpha value is -5.14. The van der Waals surface area contributed by atoms with Gasteiger partial charge in [-0.3, -0.25) is 0 Å². The zero-order valence-electron chi connectivity index (χ0n) is 22.5. The van der Waals surface area contributed by atoms with Crippen molar-refractivity contribution in [3.05, 3.63) is 151 Å². The molecular formula is C39H29N. The first kappa shape index (κ1) is 23.9. The van der Waals surface area contributed by atoms with Gasteiger partial charge in [0.1, 0.15) is 0 Å². The number of nitrogens with zero attached hydrogens (tertiary/aromatic N) is 1. The van der Waals surface area contributed by atoms with Crippen LogP contribution in [-0.4, -0.2) is 4.57 Å². The highest BCUT2D eigenvalue weighted by Gasteiger charge is 2.15. The van der Waals surface area contributed by atoms with E-state index in [4.69, 9.17) is 0 Å². The first-order valence-electron chi connectivity index (χ1n) is 13.8. The third kappa shape index (κ3) is 3.95. The minimum atomic E-state index is 1.15. The van der Waals surface area contributed by atoms with Crippen LogP contribution in [0.15, 0.2) is 140 Å². The highest BCUT2D eigenvalue weighted by atomic mass is 15.0. The zero-order valence-corrected chi connectivity index (χ0v) is 22.5. The Morgan fingerprint density at radius 1 is 0.550 bits per heavy atom. The summed E-state index contributed by atoms with van der Waals surface area (Å²) in [6, 6.07) is 46.2. The molecule has 0 radical (unpaired) electrons. The van der Waals surface area contributed by atoms with Crippen molar-refractivity contribution < 1.29 is 0 Å². The van der Waals surface area contributed by atoms with Crippen LogP contribution in [0, 0.1) is 0 Å². The lowest BCUT2D eigenvalue weighted by atomic mass is 9.95. The van der Waals surface area contributed by atoms with Crippen LogP contribution < -0.4 is 0 Å². The number of rotatable bonds is 5. The average molecular weight is 512 g/mol. The van der Waals surface area contributed by atoms with Gasteiger partial charge in [-0.15, -0.1) is 0 Å². The van der Waals surface area contributed by atoms with Gasteiger partial charge in [0.05, 0.1) is 11.0 Å². The van der Waals surface area contributed by atoms with Gasteiger partial charge in [0.2, 0.25) is 0 Å². The van der Waals surface area contributed by atoms with E-state index in [2.05, 4.69) is 151 Å². The zero-order chi connectivity index (χ0) is 27.1. The molecule has 1 aromatic heterocycles. The monoisotopic (exact) mass is 511 g/mol. The minimum Gasteiger partial charge on any atom is -0.309 e. The molecule has 0 fully saturated rings. The molecule has 1 heteroatoms. The van der Waals surface area contributed by atoms with Gasteiger partial charge < -0.3 is 4.57 Å². The lowest BCUT2D eigenvalue weighted by Crippen LogP contribution is -1.94. The van der Waals surface area contributed by atoms with Crippen molar-refractivity contribution in [2.75, 3.05) is 0 Å². The second-order valence-electron chi connectivity index (χ2n) is 10.2. The molecule has 0 unspecified atom stereocenters. The Kier molecular flexibility index (Phi) is 5.91. The molecule has 7 rings (SSSR count). The predicted octanol–water partition coefficient (Wildman–Crippen LogP) is 10.9. The van der Waals surface area contributed by atoms with Gasteiger partial charge in [0.15, 0.2) is 0 Å². The summed E-state index contributed by atoms with van der Waals surface area (Å²) < 4.78 is 2.40. The first-order chi connectivity index (χ1) is 19.7. The highest BCUT2D eigenvalue weighted by Crippen LogP contribution is 2.38. The fourth-order valence-electron chi connectivity index (χ4n) is 5.93. The molecule has 190 valence electrons. The Labute approximate surface area is 235 Å². The summed E-state index contributed by atoms with van der Waals surface area (Å²) in [7, 11) is 0. The van der Waals surface area contributed by atoms with E-state index in [0.717, 1.165) is 5.56 Å². The van der Waals surface area contributed by atoms with Crippen LogP contribution in [0.2, 0.25) is 0 Å². The Bertz CT molecular complexity index is 2060. The number of allylic oxidation sites excluding steroid dienone is 1. The number of para-hydroxylation sites is 2. The standard InChI is InChI=1S/C39H29N/c1-3-10-30-25-31(20-15-27(30)4-2)28-16-18-29(19-17-28)32-21-23-35-33(26-32)22-24-37-36-13-8-9-14-38(36)40(39(35)37)34-11-6-5-7-12-34/h3-26H,2H2,1H3/b10-3-. The first-order valence-corrected chi connectivity index (χ1v) is 13.8. The van der Waals surface area contributed by atoms with Crippen LogP contribution in [-0.2, 0) is 0 Å². The summed E-state index contributed by atoms with van der Waals surface area (Å²) in [5, 5.41) is 5.06. The number of aromatic nitrogens is 1. The predicted molar refractivity (Wildman–Crippen MR) is 174 cm³/mol. The van der Waals surface area contributed by atoms with Crippen molar-refractivity contribution in [2.24, 2.45) is 0 Å². The van der Waals surface area contributed by atoms with Crippen molar-refractivity contribution in [1.29, 1.82) is 0 Å². The third-order valence-corrected chi connectivity index (χ3v) is 7.87. The molecule has 0 N–H and O–H groups in total. The molecule has 40 heavy (non-hydrogen) atoms. The highest BCUT2D eigenvalue weighted by molar-refractivity contribution is 6.18. The Balaban J connectivity index is 1.33. The van der Waals surface area contributed by atoms with E-state index < -0.39 is 0 Å². The van der Waals surface area contributed by atoms with Crippen molar-refractivity contribution in [3.8, 4) is 27.9 Å². The molecule has 0 atom stereocenters. The molecule has 7 aromatic rings. The van der Waals surface area contributed by atoms with Gasteiger partial charge in [0, 0.05) is 21.8 Å². The van der Waals surface area contributed by atoms with Crippen molar-refractivity contribution in [1.82, 2.24) is 4.57 Å². The van der Waals surface area contributed by atoms with Gasteiger partial charge in [-0.1, -0.05) is 122 Å². The fourth-order valence-corrected chi connectivity index (χ4v) is 5.93. The summed E-state index contributed by atoms with van der Waals surface area (Å²) in [4.78, 5) is 0. The van der Waals surface area contributed by atoms with E-state index in [-0.39, 0.29) is 0 Å². The number of hydrogen-bond acceptors (Lipinski definition) is 0. The average Bonchev–Trinajstić information content (AvgIpc) is 3.36. The minimum absolute atomic E-state index is 1.15. The van der Waals surface area contributed by atoms with E-state index in [0.29, 0.717) is 0 Å². The van der Waals surface area contributed by atoms with Gasteiger partial charge >= 0.3 is 0 Å². The molecule has 0 aliphatic heterocycles. The van der Waals surface area contributed by atoms with Crippen molar-refractivity contribution >= 4 is 44.7 Å². The summed E-state index contributed by atoms with van der Waals surface area (Å²) in [6.07, 6.45) is 6.12. The molecule has 1 heterocycles. The summed E-state index contributed by atoms with van der Waals surface area (Å²) in [5.41, 5.74) is 10.9. The molecule has 0 aliphatic carbocycles. The fraction of sp³-hybridized carbons (Fsp3) is 0.0256. The maximum Gasteiger partial charge on any atom is 0.0619 e. The lowest BCUT2D eigenvalue weighted by molar-refractivity contribution is 1.19. The van der Waals surface area contributed by atoms with Crippen LogP contribution in [0.1, 0.15) is 18.1 Å². The molecule has 0 amide bonds. The van der Waals surface area contributed by atoms with Crippen LogP contribution in [0.25, 0.3) is 72.7 Å². The van der Waals surface area contributed by atoms with Gasteiger partial charge in [-0.25, -0.2) is 0 Å². The van der Waals surface area contributed by atoms with E-state index in [1.165, 1.54) is 66.1 Å². The van der Waals surface area contributed by atoms with E-state index in [9.17, 15) is 0 Å². The smallest absolute Gasteiger partial charge is 0.0619 e. The maximum atomic E-state index is 3.96. The van der Waals surface area contributed by atoms with Crippen LogP contribution in [0.4, 0.5) is 0 Å². The van der Waals surface area contributed by atoms with Crippen LogP contribution in [0.5, 0.6) is 0 Å². The van der Waals surface area contributed by atoms with E-state index >= 15 is 0 Å². The third-order valence-electron chi connectivity index (χ3n) is 7.87. The van der Waals surface area contributed by atoms with Crippen molar-refractivity contribution in [3.63, 3.8) is 0 Å². The summed E-state index contributed by atoms with van der Waals surface area (Å²) in [5.74, 6) is 0. The lowest BCUT2D eigenvalue weighted by Gasteiger charge is -2.11. The number of benzene rings is 6. The molecule has 1 nitrogen and oxygen atoms in total. The summed E-state index contributed by atoms with van der Waals surface area (Å²) in [6.45, 7) is 6.00. The largest absolute Gasteiger partial charge is 0.309 e. The van der Waals surface area contributed by atoms with Gasteiger partial charge in [-0.05, 0) is 76.0 Å². The summed E-state index contributed by atoms with van der Waals surface area (Å²) >= 11 is 0. The number of hydrogen-bond donors (Lipinski definition) is 0.